The summed E-state index contributed by atoms with van der Waals surface area (Å²) in [6.45, 7) is 0. The van der Waals surface area contributed by atoms with Crippen molar-refractivity contribution < 1.29 is 19.9 Å². The van der Waals surface area contributed by atoms with Gasteiger partial charge < -0.3 is 10.2 Å². The van der Waals surface area contributed by atoms with Crippen molar-refractivity contribution in [2.75, 3.05) is 0 Å². The molecule has 0 unspecified atom stereocenters. The van der Waals surface area contributed by atoms with Crippen molar-refractivity contribution in [2.24, 2.45) is 5.10 Å². The molecule has 0 radical (unpaired) electrons. The Kier molecular flexibility index (Phi) is 4.77. The van der Waals surface area contributed by atoms with Crippen LogP contribution in [0, 0.1) is 10.1 Å². The molecule has 9 heteroatoms. The van der Waals surface area contributed by atoms with Gasteiger partial charge in [-0.3, -0.25) is 14.9 Å². The highest BCUT2D eigenvalue weighted by Gasteiger charge is 2.13. The van der Waals surface area contributed by atoms with Crippen LogP contribution >= 0.6 is 11.6 Å². The number of benzene rings is 2. The molecule has 2 rings (SSSR count). The fourth-order valence-corrected chi connectivity index (χ4v) is 1.85. The van der Waals surface area contributed by atoms with Crippen molar-refractivity contribution in [1.82, 2.24) is 5.43 Å². The first-order chi connectivity index (χ1) is 10.9. The van der Waals surface area contributed by atoms with Crippen molar-refractivity contribution >= 4 is 29.4 Å². The van der Waals surface area contributed by atoms with Crippen LogP contribution in [0.15, 0.2) is 41.5 Å². The third kappa shape index (κ3) is 3.95. The zero-order chi connectivity index (χ0) is 17.0. The van der Waals surface area contributed by atoms with Gasteiger partial charge in [-0.05, 0) is 30.3 Å². The van der Waals surface area contributed by atoms with Crippen molar-refractivity contribution in [3.63, 3.8) is 0 Å². The minimum Gasteiger partial charge on any atom is -0.507 e. The molecular weight excluding hydrogens is 326 g/mol. The van der Waals surface area contributed by atoms with Gasteiger partial charge in [0.2, 0.25) is 0 Å². The summed E-state index contributed by atoms with van der Waals surface area (Å²) < 4.78 is 0. The molecule has 0 spiro atoms. The average molecular weight is 336 g/mol. The van der Waals surface area contributed by atoms with Gasteiger partial charge in [-0.2, -0.15) is 5.10 Å². The van der Waals surface area contributed by atoms with Gasteiger partial charge >= 0.3 is 5.69 Å². The van der Waals surface area contributed by atoms with E-state index in [0.717, 1.165) is 18.3 Å². The Morgan fingerprint density at radius 3 is 2.61 bits per heavy atom. The molecule has 0 saturated heterocycles. The van der Waals surface area contributed by atoms with Crippen LogP contribution in [-0.2, 0) is 0 Å². The Morgan fingerprint density at radius 2 is 1.91 bits per heavy atom. The maximum Gasteiger partial charge on any atom is 0.311 e. The summed E-state index contributed by atoms with van der Waals surface area (Å²) in [5.41, 5.74) is 1.91. The van der Waals surface area contributed by atoms with E-state index < -0.39 is 22.3 Å². The predicted octanol–water partition coefficient (Wildman–Crippen LogP) is 2.42. The lowest BCUT2D eigenvalue weighted by Gasteiger charge is -2.03. The van der Waals surface area contributed by atoms with Gasteiger partial charge in [0.25, 0.3) is 5.91 Å². The zero-order valence-corrected chi connectivity index (χ0v) is 12.2. The SMILES string of the molecule is O=C(N/N=C/c1ccc(O)c([N+](=O)[O-])c1)c1cc(Cl)ccc1O. The minimum absolute atomic E-state index is 0.0636. The second-order valence-corrected chi connectivity index (χ2v) is 4.80. The lowest BCUT2D eigenvalue weighted by Crippen LogP contribution is -2.17. The maximum atomic E-state index is 11.8. The molecule has 118 valence electrons. The van der Waals surface area contributed by atoms with Gasteiger partial charge in [0.1, 0.15) is 5.75 Å². The van der Waals surface area contributed by atoms with Crippen LogP contribution in [0.4, 0.5) is 5.69 Å². The van der Waals surface area contributed by atoms with Gasteiger partial charge in [0.05, 0.1) is 16.7 Å². The average Bonchev–Trinajstić information content (AvgIpc) is 2.51. The number of hydrogen-bond donors (Lipinski definition) is 3. The topological polar surface area (TPSA) is 125 Å². The van der Waals surface area contributed by atoms with E-state index in [0.29, 0.717) is 5.56 Å². The third-order valence-corrected chi connectivity index (χ3v) is 3.01. The number of nitro groups is 1. The van der Waals surface area contributed by atoms with Crippen LogP contribution in [0.25, 0.3) is 0 Å². The number of phenols is 2. The molecule has 2 aromatic rings. The first-order valence-corrected chi connectivity index (χ1v) is 6.55. The van der Waals surface area contributed by atoms with Crippen LogP contribution in [0.2, 0.25) is 5.02 Å². The number of nitrogens with zero attached hydrogens (tertiary/aromatic N) is 2. The molecule has 8 nitrogen and oxygen atoms in total. The Hall–Kier alpha value is -3.13. The molecule has 0 aliphatic carbocycles. The Labute approximate surface area is 134 Å². The highest BCUT2D eigenvalue weighted by atomic mass is 35.5. The molecule has 3 N–H and O–H groups in total. The number of carbonyl (C=O) groups excluding carboxylic acids is 1. The Balaban J connectivity index is 2.13. The largest absolute Gasteiger partial charge is 0.507 e. The van der Waals surface area contributed by atoms with E-state index in [9.17, 15) is 25.1 Å². The first-order valence-electron chi connectivity index (χ1n) is 6.18. The minimum atomic E-state index is -0.741. The third-order valence-electron chi connectivity index (χ3n) is 2.78. The van der Waals surface area contributed by atoms with Crippen molar-refractivity contribution in [3.8, 4) is 11.5 Å². The number of rotatable bonds is 4. The van der Waals surface area contributed by atoms with E-state index in [1.54, 1.807) is 0 Å². The molecule has 0 atom stereocenters. The normalized spacial score (nSPS) is 10.7. The molecule has 0 saturated carbocycles. The predicted molar refractivity (Wildman–Crippen MR) is 82.9 cm³/mol. The molecule has 2 aromatic carbocycles. The number of amides is 1. The van der Waals surface area contributed by atoms with Crippen molar-refractivity contribution in [3.05, 3.63) is 62.7 Å². The first kappa shape index (κ1) is 16.2. The van der Waals surface area contributed by atoms with E-state index in [1.165, 1.54) is 24.3 Å². The number of phenolic OH excluding ortho intramolecular Hbond substituents is 2. The molecular formula is C14H10ClN3O5. The monoisotopic (exact) mass is 335 g/mol. The molecule has 0 aliphatic heterocycles. The number of nitro benzene ring substituents is 1. The Morgan fingerprint density at radius 1 is 1.22 bits per heavy atom. The van der Waals surface area contributed by atoms with Crippen LogP contribution in [0.3, 0.4) is 0 Å². The molecule has 0 aliphatic rings. The molecule has 0 aromatic heterocycles. The van der Waals surface area contributed by atoms with Crippen LogP contribution in [-0.4, -0.2) is 27.3 Å². The second kappa shape index (κ2) is 6.75. The molecule has 0 heterocycles. The summed E-state index contributed by atoms with van der Waals surface area (Å²) in [7, 11) is 0. The van der Waals surface area contributed by atoms with Crippen LogP contribution in [0.1, 0.15) is 15.9 Å². The quantitative estimate of drug-likeness (QED) is 0.449. The summed E-state index contributed by atoms with van der Waals surface area (Å²) >= 11 is 5.74. The van der Waals surface area contributed by atoms with Crippen LogP contribution in [0.5, 0.6) is 11.5 Å². The summed E-state index contributed by atoms with van der Waals surface area (Å²) in [6, 6.07) is 7.59. The number of halogens is 1. The zero-order valence-electron chi connectivity index (χ0n) is 11.4. The fourth-order valence-electron chi connectivity index (χ4n) is 1.68. The number of carbonyl (C=O) groups is 1. The van der Waals surface area contributed by atoms with Crippen molar-refractivity contribution in [2.45, 2.75) is 0 Å². The molecule has 23 heavy (non-hydrogen) atoms. The highest BCUT2D eigenvalue weighted by molar-refractivity contribution is 6.31. The molecule has 0 bridgehead atoms. The standard InChI is InChI=1S/C14H10ClN3O5/c15-9-2-4-12(19)10(6-9)14(21)17-16-7-8-1-3-13(20)11(5-8)18(22)23/h1-7,19-20H,(H,17,21)/b16-7+. The second-order valence-electron chi connectivity index (χ2n) is 4.37. The lowest BCUT2D eigenvalue weighted by molar-refractivity contribution is -0.385. The van der Waals surface area contributed by atoms with Gasteiger partial charge in [-0.25, -0.2) is 5.43 Å². The number of aromatic hydroxyl groups is 2. The van der Waals surface area contributed by atoms with E-state index in [2.05, 4.69) is 10.5 Å². The maximum absolute atomic E-state index is 11.8. The van der Waals surface area contributed by atoms with Gasteiger partial charge in [-0.15, -0.1) is 0 Å². The fraction of sp³-hybridized carbons (Fsp3) is 0. The van der Waals surface area contributed by atoms with Gasteiger partial charge in [-0.1, -0.05) is 11.6 Å². The van der Waals surface area contributed by atoms with Crippen molar-refractivity contribution in [1.29, 1.82) is 0 Å². The summed E-state index contributed by atoms with van der Waals surface area (Å²) in [5.74, 6) is -1.43. The van der Waals surface area contributed by atoms with E-state index in [-0.39, 0.29) is 16.3 Å². The van der Waals surface area contributed by atoms with Crippen LogP contribution < -0.4 is 5.43 Å². The number of nitrogens with one attached hydrogen (secondary N) is 1. The number of hydrazone groups is 1. The molecule has 1 amide bonds. The number of hydrogen-bond acceptors (Lipinski definition) is 6. The summed E-state index contributed by atoms with van der Waals surface area (Å²) in [6.07, 6.45) is 1.16. The summed E-state index contributed by atoms with van der Waals surface area (Å²) in [5, 5.41) is 33.5. The van der Waals surface area contributed by atoms with E-state index >= 15 is 0 Å². The van der Waals surface area contributed by atoms with Gasteiger partial charge in [0, 0.05) is 16.7 Å². The Bertz CT molecular complexity index is 807. The smallest absolute Gasteiger partial charge is 0.311 e. The van der Waals surface area contributed by atoms with E-state index in [1.807, 2.05) is 0 Å². The van der Waals surface area contributed by atoms with Gasteiger partial charge in [0.15, 0.2) is 5.75 Å². The summed E-state index contributed by atoms with van der Waals surface area (Å²) in [4.78, 5) is 21.8. The van der Waals surface area contributed by atoms with E-state index in [4.69, 9.17) is 11.6 Å². The highest BCUT2D eigenvalue weighted by Crippen LogP contribution is 2.25. The molecule has 0 fully saturated rings. The lowest BCUT2D eigenvalue weighted by atomic mass is 10.2.